The molecule has 29 heavy (non-hydrogen) atoms. The molecule has 0 spiro atoms. The SMILES string of the molecule is CCNC(=NCc1nc(-c2cccc(Cl)c2)no1)NCCCn1nc(C)cc1C. The molecule has 0 fully saturated rings. The van der Waals surface area contributed by atoms with E-state index in [1.165, 1.54) is 5.69 Å². The number of aliphatic imine (C=N–C) groups is 1. The maximum absolute atomic E-state index is 6.02. The summed E-state index contributed by atoms with van der Waals surface area (Å²) in [5.41, 5.74) is 3.03. The van der Waals surface area contributed by atoms with Gasteiger partial charge in [0.2, 0.25) is 11.7 Å². The molecule has 0 aliphatic heterocycles. The highest BCUT2D eigenvalue weighted by Crippen LogP contribution is 2.20. The lowest BCUT2D eigenvalue weighted by atomic mass is 10.2. The van der Waals surface area contributed by atoms with E-state index in [0.29, 0.717) is 29.2 Å². The van der Waals surface area contributed by atoms with Crippen molar-refractivity contribution in [1.29, 1.82) is 0 Å². The zero-order valence-corrected chi connectivity index (χ0v) is 17.7. The van der Waals surface area contributed by atoms with Crippen molar-refractivity contribution in [3.05, 3.63) is 52.6 Å². The first-order valence-electron chi connectivity index (χ1n) is 9.67. The van der Waals surface area contributed by atoms with Crippen molar-refractivity contribution in [3.8, 4) is 11.4 Å². The van der Waals surface area contributed by atoms with Gasteiger partial charge in [-0.05, 0) is 45.4 Å². The lowest BCUT2D eigenvalue weighted by Gasteiger charge is -2.11. The van der Waals surface area contributed by atoms with Crippen LogP contribution in [-0.4, -0.2) is 39.0 Å². The van der Waals surface area contributed by atoms with E-state index >= 15 is 0 Å². The second kappa shape index (κ2) is 10.1. The Kier molecular flexibility index (Phi) is 7.24. The van der Waals surface area contributed by atoms with Gasteiger partial charge in [0.05, 0.1) is 5.69 Å². The van der Waals surface area contributed by atoms with Crippen molar-refractivity contribution in [2.24, 2.45) is 4.99 Å². The predicted molar refractivity (Wildman–Crippen MR) is 114 cm³/mol. The van der Waals surface area contributed by atoms with Crippen LogP contribution in [0, 0.1) is 13.8 Å². The maximum atomic E-state index is 6.02. The van der Waals surface area contributed by atoms with E-state index in [1.807, 2.05) is 30.7 Å². The van der Waals surface area contributed by atoms with E-state index in [9.17, 15) is 0 Å². The van der Waals surface area contributed by atoms with E-state index in [4.69, 9.17) is 16.1 Å². The number of rotatable bonds is 8. The minimum absolute atomic E-state index is 0.292. The molecule has 8 nitrogen and oxygen atoms in total. The smallest absolute Gasteiger partial charge is 0.248 e. The van der Waals surface area contributed by atoms with Gasteiger partial charge in [-0.3, -0.25) is 4.68 Å². The largest absolute Gasteiger partial charge is 0.357 e. The van der Waals surface area contributed by atoms with Gasteiger partial charge >= 0.3 is 0 Å². The Bertz CT molecular complexity index is 963. The van der Waals surface area contributed by atoms with Gasteiger partial charge in [0.25, 0.3) is 0 Å². The Morgan fingerprint density at radius 1 is 1.24 bits per heavy atom. The quantitative estimate of drug-likeness (QED) is 0.333. The summed E-state index contributed by atoms with van der Waals surface area (Å²) in [6.45, 7) is 8.80. The molecular weight excluding hydrogens is 390 g/mol. The Morgan fingerprint density at radius 2 is 2.10 bits per heavy atom. The molecule has 0 aliphatic carbocycles. The summed E-state index contributed by atoms with van der Waals surface area (Å²) < 4.78 is 7.33. The van der Waals surface area contributed by atoms with Gasteiger partial charge in [-0.2, -0.15) is 10.1 Å². The fourth-order valence-electron chi connectivity index (χ4n) is 2.89. The summed E-state index contributed by atoms with van der Waals surface area (Å²) in [7, 11) is 0. The highest BCUT2D eigenvalue weighted by atomic mass is 35.5. The zero-order valence-electron chi connectivity index (χ0n) is 16.9. The Labute approximate surface area is 175 Å². The van der Waals surface area contributed by atoms with Crippen LogP contribution in [0.3, 0.4) is 0 Å². The van der Waals surface area contributed by atoms with Gasteiger partial charge < -0.3 is 15.2 Å². The molecule has 0 amide bonds. The lowest BCUT2D eigenvalue weighted by Crippen LogP contribution is -2.38. The van der Waals surface area contributed by atoms with Gasteiger partial charge in [-0.15, -0.1) is 0 Å². The molecule has 0 aliphatic rings. The van der Waals surface area contributed by atoms with Gasteiger partial charge in [0.15, 0.2) is 5.96 Å². The standard InChI is InChI=1S/C20H26ClN7O/c1-4-22-20(23-9-6-10-28-15(3)11-14(2)26-28)24-13-18-25-19(27-29-18)16-7-5-8-17(21)12-16/h5,7-8,11-12H,4,6,9-10,13H2,1-3H3,(H2,22,23,24). The second-order valence-electron chi connectivity index (χ2n) is 6.65. The van der Waals surface area contributed by atoms with Crippen LogP contribution in [0.2, 0.25) is 5.02 Å². The fourth-order valence-corrected chi connectivity index (χ4v) is 3.08. The molecular formula is C20H26ClN7O. The Balaban J connectivity index is 1.53. The predicted octanol–water partition coefficient (Wildman–Crippen LogP) is 3.35. The van der Waals surface area contributed by atoms with Crippen molar-refractivity contribution < 1.29 is 4.52 Å². The summed E-state index contributed by atoms with van der Waals surface area (Å²) in [6, 6.07) is 9.43. The van der Waals surface area contributed by atoms with E-state index in [2.05, 4.69) is 43.9 Å². The molecule has 0 atom stereocenters. The highest BCUT2D eigenvalue weighted by Gasteiger charge is 2.09. The second-order valence-corrected chi connectivity index (χ2v) is 7.08. The van der Waals surface area contributed by atoms with Crippen LogP contribution < -0.4 is 10.6 Å². The molecule has 0 radical (unpaired) electrons. The summed E-state index contributed by atoms with van der Waals surface area (Å²) >= 11 is 6.02. The Hall–Kier alpha value is -2.87. The third-order valence-electron chi connectivity index (χ3n) is 4.21. The summed E-state index contributed by atoms with van der Waals surface area (Å²) in [5.74, 6) is 1.66. The number of hydrogen-bond acceptors (Lipinski definition) is 5. The molecule has 2 heterocycles. The van der Waals surface area contributed by atoms with Crippen molar-refractivity contribution in [3.63, 3.8) is 0 Å². The molecule has 0 bridgehead atoms. The van der Waals surface area contributed by atoms with Crippen LogP contribution in [0.4, 0.5) is 0 Å². The van der Waals surface area contributed by atoms with Crippen molar-refractivity contribution in [2.45, 2.75) is 40.3 Å². The fraction of sp³-hybridized carbons (Fsp3) is 0.400. The molecule has 1 aromatic carbocycles. The topological polar surface area (TPSA) is 93.2 Å². The van der Waals surface area contributed by atoms with E-state index in [1.54, 1.807) is 12.1 Å². The van der Waals surface area contributed by atoms with Gasteiger partial charge in [0.1, 0.15) is 6.54 Å². The van der Waals surface area contributed by atoms with Gasteiger partial charge in [0, 0.05) is 35.9 Å². The summed E-state index contributed by atoms with van der Waals surface area (Å²) in [6.07, 6.45) is 0.936. The van der Waals surface area contributed by atoms with Gasteiger partial charge in [-0.1, -0.05) is 28.9 Å². The zero-order chi connectivity index (χ0) is 20.6. The van der Waals surface area contributed by atoms with Crippen LogP contribution >= 0.6 is 11.6 Å². The number of hydrogen-bond donors (Lipinski definition) is 2. The number of aromatic nitrogens is 4. The Morgan fingerprint density at radius 3 is 2.83 bits per heavy atom. The monoisotopic (exact) mass is 415 g/mol. The van der Waals surface area contributed by atoms with E-state index in [-0.39, 0.29) is 0 Å². The normalized spacial score (nSPS) is 11.7. The molecule has 3 rings (SSSR count). The highest BCUT2D eigenvalue weighted by molar-refractivity contribution is 6.30. The minimum atomic E-state index is 0.292. The van der Waals surface area contributed by atoms with Crippen LogP contribution in [0.1, 0.15) is 30.6 Å². The first-order chi connectivity index (χ1) is 14.0. The number of aryl methyl sites for hydroxylation is 3. The van der Waals surface area contributed by atoms with Crippen molar-refractivity contribution in [1.82, 2.24) is 30.6 Å². The molecule has 154 valence electrons. The van der Waals surface area contributed by atoms with Crippen molar-refractivity contribution in [2.75, 3.05) is 13.1 Å². The van der Waals surface area contributed by atoms with Crippen LogP contribution in [0.25, 0.3) is 11.4 Å². The van der Waals surface area contributed by atoms with Crippen LogP contribution in [0.15, 0.2) is 39.8 Å². The number of benzene rings is 1. The van der Waals surface area contributed by atoms with Crippen LogP contribution in [0.5, 0.6) is 0 Å². The third-order valence-corrected chi connectivity index (χ3v) is 4.45. The molecule has 2 aromatic heterocycles. The molecule has 0 saturated carbocycles. The minimum Gasteiger partial charge on any atom is -0.357 e. The molecule has 2 N–H and O–H groups in total. The number of halogens is 1. The third kappa shape index (κ3) is 6.05. The first kappa shape index (κ1) is 20.9. The average Bonchev–Trinajstić information content (AvgIpc) is 3.29. The van der Waals surface area contributed by atoms with Gasteiger partial charge in [-0.25, -0.2) is 4.99 Å². The number of nitrogens with one attached hydrogen (secondary N) is 2. The number of nitrogens with zero attached hydrogens (tertiary/aromatic N) is 5. The molecule has 0 unspecified atom stereocenters. The maximum Gasteiger partial charge on any atom is 0.248 e. The van der Waals surface area contributed by atoms with E-state index < -0.39 is 0 Å². The lowest BCUT2D eigenvalue weighted by molar-refractivity contribution is 0.380. The average molecular weight is 416 g/mol. The first-order valence-corrected chi connectivity index (χ1v) is 10.0. The summed E-state index contributed by atoms with van der Waals surface area (Å²) in [5, 5.41) is 15.7. The van der Waals surface area contributed by atoms with Crippen molar-refractivity contribution >= 4 is 17.6 Å². The van der Waals surface area contributed by atoms with E-state index in [0.717, 1.165) is 37.3 Å². The molecule has 9 heteroatoms. The summed E-state index contributed by atoms with van der Waals surface area (Å²) in [4.78, 5) is 8.92. The molecule has 0 saturated heterocycles. The number of guanidine groups is 1. The van der Waals surface area contributed by atoms with Crippen LogP contribution in [-0.2, 0) is 13.1 Å². The molecule has 3 aromatic rings.